The van der Waals surface area contributed by atoms with Gasteiger partial charge in [0.25, 0.3) is 17.8 Å². The molecule has 0 fully saturated rings. The third-order valence-electron chi connectivity index (χ3n) is 17.7. The predicted octanol–water partition coefficient (Wildman–Crippen LogP) is 8.53. The second-order valence-electron chi connectivity index (χ2n) is 25.3. The molecule has 6 heterocycles. The fourth-order valence-corrected chi connectivity index (χ4v) is 12.8. The van der Waals surface area contributed by atoms with Crippen LogP contribution in [0.25, 0.3) is 45.0 Å². The van der Waals surface area contributed by atoms with Gasteiger partial charge in [-0.3, -0.25) is 28.8 Å². The molecule has 510 valence electrons. The van der Waals surface area contributed by atoms with Crippen LogP contribution < -0.4 is 21.9 Å². The SMILES string of the molecule is CN=CCC(N)=Nc1nc(COc2ccc(-c3c4c(nn3C)CCc3cnc(N=C(N)CC=NCC(=O)N(C)C)nc3-4)cc2)c2c(n1)-c1c(nn(C)c1Cc1ccc(C3Cc4nn(C)c(Cc5cccc(C(F)(F)F)c5)c4-c4nc(N=C(N)CC=NCCN(C)C)ncc43)c(C)c1)CC2. The zero-order valence-corrected chi connectivity index (χ0v) is 56.8. The standard InChI is InChI=1S/C71H78F3N23O2/c1-40-31-42(13-19-47(40)49-35-53-62(56(96(8)92-53)33-41-11-10-12-45(32-41)71(72,73)74)66-50(49)37-82-69(88-66)85-58(76)24-27-79-29-30-93(3)4)34-55-61-51(90-95(55)7)22-20-48-54(83-70(89-65(48)61)86-57(75)23-26-78-2)39-99-46-17-14-43(15-18-46)67-63-52(91-97(67)9)21-16-44-36-81-68(87-64(44)63)84-59(77)25-28-80-38-60(98)94(5)6/h10-15,17-19,26-28,31-32,36-37,49H,16,20-25,29-30,33-35,38-39H2,1-9H3,(H2,75,83,86,89)(H2,76,82,85,88)(H2,77,81,84,87). The Labute approximate surface area is 570 Å². The molecule has 3 aliphatic rings. The maximum atomic E-state index is 14.0. The van der Waals surface area contributed by atoms with E-state index in [4.69, 9.17) is 67.1 Å². The number of fused-ring (bicyclic) bond motifs is 9. The number of amidine groups is 3. The van der Waals surface area contributed by atoms with Gasteiger partial charge in [0, 0.05) is 158 Å². The van der Waals surface area contributed by atoms with Crippen molar-refractivity contribution in [1.29, 1.82) is 0 Å². The van der Waals surface area contributed by atoms with Gasteiger partial charge in [-0.2, -0.15) is 43.4 Å². The quantitative estimate of drug-likeness (QED) is 0.0399. The third kappa shape index (κ3) is 15.1. The molecule has 6 N–H and O–H groups in total. The monoisotopic (exact) mass is 1340 g/mol. The van der Waals surface area contributed by atoms with Gasteiger partial charge in [0.15, 0.2) is 0 Å². The summed E-state index contributed by atoms with van der Waals surface area (Å²) in [6, 6.07) is 19.7. The van der Waals surface area contributed by atoms with Gasteiger partial charge in [0.1, 0.15) is 36.4 Å². The van der Waals surface area contributed by atoms with Crippen LogP contribution in [0.1, 0.15) is 104 Å². The maximum Gasteiger partial charge on any atom is 0.416 e. The minimum absolute atomic E-state index is 0.0192. The molecule has 1 unspecified atom stereocenters. The fourth-order valence-electron chi connectivity index (χ4n) is 12.8. The van der Waals surface area contributed by atoms with Crippen molar-refractivity contribution in [3.05, 3.63) is 158 Å². The van der Waals surface area contributed by atoms with Gasteiger partial charge in [-0.25, -0.2) is 29.9 Å². The van der Waals surface area contributed by atoms with Crippen molar-refractivity contribution < 1.29 is 22.7 Å². The number of carbonyl (C=O) groups is 1. The van der Waals surface area contributed by atoms with Crippen molar-refractivity contribution in [2.45, 2.75) is 89.8 Å². The van der Waals surface area contributed by atoms with Crippen LogP contribution in [-0.4, -0.2) is 166 Å². The molecule has 12 rings (SSSR count). The average Bonchev–Trinajstić information content (AvgIpc) is 1.68. The van der Waals surface area contributed by atoms with Crippen molar-refractivity contribution in [2.75, 3.05) is 54.9 Å². The molecule has 28 heteroatoms. The molecule has 0 saturated heterocycles. The molecule has 3 aromatic carbocycles. The van der Waals surface area contributed by atoms with Gasteiger partial charge >= 0.3 is 6.18 Å². The number of halogens is 3. The van der Waals surface area contributed by atoms with Crippen LogP contribution in [0, 0.1) is 6.92 Å². The summed E-state index contributed by atoms with van der Waals surface area (Å²) in [6.07, 6.45) is 8.74. The lowest BCUT2D eigenvalue weighted by Gasteiger charge is -2.26. The molecule has 1 amide bonds. The van der Waals surface area contributed by atoms with E-state index in [1.54, 1.807) is 62.9 Å². The fraction of sp³-hybridized carbons (Fsp3) is 0.352. The molecule has 9 aromatic rings. The molecule has 6 aromatic heterocycles. The minimum atomic E-state index is -4.50. The summed E-state index contributed by atoms with van der Waals surface area (Å²) in [5.41, 5.74) is 36.1. The zero-order chi connectivity index (χ0) is 69.8. The first kappa shape index (κ1) is 67.9. The van der Waals surface area contributed by atoms with E-state index < -0.39 is 11.7 Å². The Balaban J connectivity index is 0.817. The Bertz CT molecular complexity index is 4740. The molecule has 3 aliphatic carbocycles. The van der Waals surface area contributed by atoms with E-state index in [2.05, 4.69) is 55.1 Å². The Kier molecular flexibility index (Phi) is 19.9. The summed E-state index contributed by atoms with van der Waals surface area (Å²) in [4.78, 5) is 71.4. The summed E-state index contributed by atoms with van der Waals surface area (Å²) in [5.74, 6) is 1.64. The number of aryl methyl sites for hydroxylation is 7. The number of nitrogens with two attached hydrogens (primary N) is 3. The number of likely N-dealkylation sites (N-methyl/N-ethyl adjacent to an activating group) is 2. The van der Waals surface area contributed by atoms with Gasteiger partial charge in [0.05, 0.1) is 69.0 Å². The van der Waals surface area contributed by atoms with Crippen LogP contribution in [0.3, 0.4) is 0 Å². The third-order valence-corrected chi connectivity index (χ3v) is 17.7. The largest absolute Gasteiger partial charge is 0.487 e. The van der Waals surface area contributed by atoms with Crippen molar-refractivity contribution in [2.24, 2.45) is 68.3 Å². The molecule has 25 nitrogen and oxygen atoms in total. The molecule has 0 saturated carbocycles. The summed E-state index contributed by atoms with van der Waals surface area (Å²) in [7, 11) is 14.7. The van der Waals surface area contributed by atoms with E-state index in [0.29, 0.717) is 97.8 Å². The normalized spacial score (nSPS) is 14.6. The zero-order valence-electron chi connectivity index (χ0n) is 56.8. The number of aliphatic imine (C=N–C) groups is 6. The second kappa shape index (κ2) is 29.0. The first-order chi connectivity index (χ1) is 47.6. The molecule has 1 atom stereocenters. The molecule has 0 bridgehead atoms. The van der Waals surface area contributed by atoms with Gasteiger partial charge in [-0.05, 0) is 105 Å². The van der Waals surface area contributed by atoms with Crippen LogP contribution >= 0.6 is 0 Å². The highest BCUT2D eigenvalue weighted by Gasteiger charge is 2.36. The molecular weight excluding hydrogens is 1260 g/mol. The summed E-state index contributed by atoms with van der Waals surface area (Å²) in [6.45, 7) is 3.61. The molecule has 0 aliphatic heterocycles. The van der Waals surface area contributed by atoms with Crippen LogP contribution in [0.5, 0.6) is 5.75 Å². The summed E-state index contributed by atoms with van der Waals surface area (Å²) >= 11 is 0. The van der Waals surface area contributed by atoms with Gasteiger partial charge in [-0.1, -0.05) is 36.4 Å². The molecule has 99 heavy (non-hydrogen) atoms. The van der Waals surface area contributed by atoms with Crippen LogP contribution in [-0.2, 0) is 83.7 Å². The van der Waals surface area contributed by atoms with Crippen molar-refractivity contribution in [3.8, 4) is 50.8 Å². The predicted molar refractivity (Wildman–Crippen MR) is 377 cm³/mol. The van der Waals surface area contributed by atoms with Crippen molar-refractivity contribution >= 4 is 59.9 Å². The first-order valence-corrected chi connectivity index (χ1v) is 32.6. The van der Waals surface area contributed by atoms with E-state index >= 15 is 0 Å². The summed E-state index contributed by atoms with van der Waals surface area (Å²) < 4.78 is 54.2. The number of amides is 1. The highest BCUT2D eigenvalue weighted by atomic mass is 19.4. The highest BCUT2D eigenvalue weighted by Crippen LogP contribution is 2.46. The first-order valence-electron chi connectivity index (χ1n) is 32.6. The number of aromatic nitrogens is 12. The number of ether oxygens (including phenoxy) is 1. The van der Waals surface area contributed by atoms with Crippen molar-refractivity contribution in [3.63, 3.8) is 0 Å². The van der Waals surface area contributed by atoms with Gasteiger partial charge in [0.2, 0.25) is 5.91 Å². The van der Waals surface area contributed by atoms with E-state index in [9.17, 15) is 18.0 Å². The van der Waals surface area contributed by atoms with Crippen LogP contribution in [0.15, 0.2) is 109 Å². The molecule has 0 radical (unpaired) electrons. The lowest BCUT2D eigenvalue weighted by Crippen LogP contribution is -2.24. The van der Waals surface area contributed by atoms with E-state index in [0.717, 1.165) is 102 Å². The number of hydrogen-bond donors (Lipinski definition) is 3. The lowest BCUT2D eigenvalue weighted by molar-refractivity contribution is -0.137. The van der Waals surface area contributed by atoms with Crippen molar-refractivity contribution in [1.82, 2.24) is 69.0 Å². The van der Waals surface area contributed by atoms with E-state index in [-0.39, 0.29) is 67.3 Å². The Morgan fingerprint density at radius 1 is 0.667 bits per heavy atom. The average molecular weight is 1340 g/mol. The molecular formula is C71H78F3N23O2. The minimum Gasteiger partial charge on any atom is -0.487 e. The Morgan fingerprint density at radius 3 is 1.97 bits per heavy atom. The van der Waals surface area contributed by atoms with Gasteiger partial charge < -0.3 is 36.7 Å². The Hall–Kier alpha value is -11.0. The summed E-state index contributed by atoms with van der Waals surface area (Å²) in [5, 5.41) is 15.0. The van der Waals surface area contributed by atoms with Gasteiger partial charge in [-0.15, -0.1) is 0 Å². The Morgan fingerprint density at radius 2 is 1.28 bits per heavy atom. The number of carbonyl (C=O) groups excluding carboxylic acids is 1. The maximum absolute atomic E-state index is 14.0. The second-order valence-corrected chi connectivity index (χ2v) is 25.3. The topological polar surface area (TPSA) is 316 Å². The van der Waals surface area contributed by atoms with Crippen LogP contribution in [0.2, 0.25) is 0 Å². The molecule has 0 spiro atoms. The van der Waals surface area contributed by atoms with E-state index in [1.807, 2.05) is 73.8 Å². The number of hydrogen-bond acceptors (Lipinski definition) is 18. The van der Waals surface area contributed by atoms with Crippen LogP contribution in [0.4, 0.5) is 31.0 Å². The smallest absolute Gasteiger partial charge is 0.416 e. The number of nitrogens with zero attached hydrogens (tertiary/aromatic N) is 20. The number of alkyl halides is 3. The lowest BCUT2D eigenvalue weighted by atomic mass is 9.78. The van der Waals surface area contributed by atoms with E-state index in [1.165, 1.54) is 17.0 Å². The number of rotatable bonds is 23. The highest BCUT2D eigenvalue weighted by molar-refractivity contribution is 5.96. The number of benzene rings is 3.